The molecule has 1 amide bonds. The minimum Gasteiger partial charge on any atom is -0.482 e. The number of nitrogens with two attached hydrogens (primary N) is 1. The van der Waals surface area contributed by atoms with Gasteiger partial charge in [-0.25, -0.2) is 15.0 Å². The number of amides is 1. The molecule has 1 aliphatic carbocycles. The number of aryl methyl sites for hydroxylation is 1. The highest BCUT2D eigenvalue weighted by Crippen LogP contribution is 2.38. The van der Waals surface area contributed by atoms with E-state index in [2.05, 4.69) is 40.7 Å². The van der Waals surface area contributed by atoms with Crippen molar-refractivity contribution in [3.8, 4) is 28.5 Å². The van der Waals surface area contributed by atoms with Gasteiger partial charge in [0.1, 0.15) is 22.8 Å². The van der Waals surface area contributed by atoms with Gasteiger partial charge in [0, 0.05) is 67.5 Å². The summed E-state index contributed by atoms with van der Waals surface area (Å²) in [6, 6.07) is 14.2. The van der Waals surface area contributed by atoms with Gasteiger partial charge >= 0.3 is 0 Å². The average molecular weight is 621 g/mol. The number of pyridine rings is 3. The summed E-state index contributed by atoms with van der Waals surface area (Å²) < 4.78 is 15.8. The van der Waals surface area contributed by atoms with Crippen LogP contribution in [0, 0.1) is 12.8 Å². The SMILES string of the molecule is COc1cc(C(=O)N2CCC[C@@H](N)C2)cc2nc(-c3cc4ccc(-c5cccnc5N5CCOCC5)nc4n3CC3CC3)c(C)n12. The van der Waals surface area contributed by atoms with E-state index in [0.717, 1.165) is 77.7 Å². The molecule has 3 fully saturated rings. The van der Waals surface area contributed by atoms with Gasteiger partial charge in [-0.05, 0) is 74.9 Å². The summed E-state index contributed by atoms with van der Waals surface area (Å²) in [7, 11) is 1.64. The second-order valence-electron chi connectivity index (χ2n) is 12.8. The number of likely N-dealkylation sites (tertiary alicyclic amines) is 1. The van der Waals surface area contributed by atoms with Gasteiger partial charge in [0.15, 0.2) is 5.88 Å². The van der Waals surface area contributed by atoms with E-state index in [9.17, 15) is 4.79 Å². The third-order valence-corrected chi connectivity index (χ3v) is 9.62. The summed E-state index contributed by atoms with van der Waals surface area (Å²) in [5, 5.41) is 1.07. The molecule has 2 saturated heterocycles. The van der Waals surface area contributed by atoms with Gasteiger partial charge in [-0.15, -0.1) is 0 Å². The van der Waals surface area contributed by atoms with Crippen LogP contribution in [0.3, 0.4) is 0 Å². The molecule has 46 heavy (non-hydrogen) atoms. The highest BCUT2D eigenvalue weighted by Gasteiger charge is 2.28. The molecular formula is C35H40N8O3. The fourth-order valence-corrected chi connectivity index (χ4v) is 7.01. The number of hydrogen-bond acceptors (Lipinski definition) is 8. The van der Waals surface area contributed by atoms with Gasteiger partial charge in [-0.1, -0.05) is 0 Å². The Morgan fingerprint density at radius 3 is 2.70 bits per heavy atom. The first kappa shape index (κ1) is 29.0. The van der Waals surface area contributed by atoms with Crippen molar-refractivity contribution >= 4 is 28.4 Å². The third-order valence-electron chi connectivity index (χ3n) is 9.62. The van der Waals surface area contributed by atoms with Crippen molar-refractivity contribution in [3.63, 3.8) is 0 Å². The Kier molecular flexibility index (Phi) is 7.37. The number of fused-ring (bicyclic) bond motifs is 2. The lowest BCUT2D eigenvalue weighted by molar-refractivity contribution is 0.0708. The normalized spacial score (nSPS) is 18.9. The van der Waals surface area contributed by atoms with Gasteiger partial charge in [0.05, 0.1) is 37.4 Å². The number of carbonyl (C=O) groups is 1. The molecule has 1 atom stereocenters. The number of aromatic nitrogens is 5. The maximum Gasteiger partial charge on any atom is 0.254 e. The van der Waals surface area contributed by atoms with Crippen LogP contribution in [0.1, 0.15) is 41.7 Å². The molecule has 0 radical (unpaired) electrons. The Morgan fingerprint density at radius 1 is 1.07 bits per heavy atom. The Bertz CT molecular complexity index is 1940. The highest BCUT2D eigenvalue weighted by molar-refractivity contribution is 5.96. The van der Waals surface area contributed by atoms with Crippen LogP contribution in [-0.4, -0.2) is 87.3 Å². The van der Waals surface area contributed by atoms with Crippen LogP contribution in [-0.2, 0) is 11.3 Å². The van der Waals surface area contributed by atoms with Crippen molar-refractivity contribution in [2.45, 2.75) is 45.2 Å². The molecule has 0 bridgehead atoms. The predicted molar refractivity (Wildman–Crippen MR) is 177 cm³/mol. The first-order chi connectivity index (χ1) is 22.5. The second kappa shape index (κ2) is 11.7. The molecule has 11 heteroatoms. The summed E-state index contributed by atoms with van der Waals surface area (Å²) in [4.78, 5) is 32.9. The number of morpholine rings is 1. The molecule has 1 saturated carbocycles. The zero-order chi connectivity index (χ0) is 31.4. The van der Waals surface area contributed by atoms with Gasteiger partial charge < -0.3 is 29.6 Å². The van der Waals surface area contributed by atoms with Crippen LogP contribution in [0.15, 0.2) is 48.7 Å². The molecule has 0 aromatic carbocycles. The van der Waals surface area contributed by atoms with Crippen LogP contribution < -0.4 is 15.4 Å². The molecule has 8 rings (SSSR count). The van der Waals surface area contributed by atoms with Gasteiger partial charge in [-0.2, -0.15) is 0 Å². The topological polar surface area (TPSA) is 116 Å². The van der Waals surface area contributed by atoms with E-state index in [0.29, 0.717) is 49.3 Å². The number of anilines is 1. The minimum atomic E-state index is -0.0374. The second-order valence-corrected chi connectivity index (χ2v) is 12.8. The van der Waals surface area contributed by atoms with Crippen molar-refractivity contribution in [1.29, 1.82) is 0 Å². The lowest BCUT2D eigenvalue weighted by atomic mass is 10.1. The smallest absolute Gasteiger partial charge is 0.254 e. The van der Waals surface area contributed by atoms with E-state index in [1.807, 2.05) is 33.7 Å². The van der Waals surface area contributed by atoms with E-state index >= 15 is 0 Å². The predicted octanol–water partition coefficient (Wildman–Crippen LogP) is 4.54. The quantitative estimate of drug-likeness (QED) is 0.282. The summed E-state index contributed by atoms with van der Waals surface area (Å²) in [5.74, 6) is 2.10. The summed E-state index contributed by atoms with van der Waals surface area (Å²) in [5.41, 5.74) is 13.1. The molecule has 5 aromatic heterocycles. The largest absolute Gasteiger partial charge is 0.482 e. The van der Waals surface area contributed by atoms with Crippen molar-refractivity contribution < 1.29 is 14.3 Å². The molecule has 2 aliphatic heterocycles. The summed E-state index contributed by atoms with van der Waals surface area (Å²) >= 11 is 0. The van der Waals surface area contributed by atoms with Crippen molar-refractivity contribution in [1.82, 2.24) is 28.8 Å². The van der Waals surface area contributed by atoms with Crippen LogP contribution >= 0.6 is 0 Å². The average Bonchev–Trinajstić information content (AvgIpc) is 3.77. The number of ether oxygens (including phenoxy) is 2. The van der Waals surface area contributed by atoms with E-state index in [1.165, 1.54) is 12.8 Å². The summed E-state index contributed by atoms with van der Waals surface area (Å²) in [6.45, 7) is 7.22. The lowest BCUT2D eigenvalue weighted by Crippen LogP contribution is -2.45. The van der Waals surface area contributed by atoms with E-state index in [-0.39, 0.29) is 11.9 Å². The number of rotatable bonds is 7. The van der Waals surface area contributed by atoms with Crippen molar-refractivity contribution in [3.05, 3.63) is 59.9 Å². The molecule has 3 aliphatic rings. The Morgan fingerprint density at radius 2 is 1.91 bits per heavy atom. The number of imidazole rings is 1. The highest BCUT2D eigenvalue weighted by atomic mass is 16.5. The first-order valence-electron chi connectivity index (χ1n) is 16.4. The monoisotopic (exact) mass is 620 g/mol. The van der Waals surface area contributed by atoms with Crippen LogP contribution in [0.5, 0.6) is 5.88 Å². The molecule has 5 aromatic rings. The van der Waals surface area contributed by atoms with Crippen LogP contribution in [0.25, 0.3) is 39.3 Å². The molecule has 2 N–H and O–H groups in total. The molecule has 7 heterocycles. The zero-order valence-electron chi connectivity index (χ0n) is 26.5. The maximum absolute atomic E-state index is 13.5. The molecular weight excluding hydrogens is 580 g/mol. The van der Waals surface area contributed by atoms with E-state index in [4.69, 9.17) is 30.2 Å². The van der Waals surface area contributed by atoms with E-state index in [1.54, 1.807) is 7.11 Å². The maximum atomic E-state index is 13.5. The summed E-state index contributed by atoms with van der Waals surface area (Å²) in [6.07, 6.45) is 6.13. The number of nitrogens with zero attached hydrogens (tertiary/aromatic N) is 7. The minimum absolute atomic E-state index is 0.00946. The third kappa shape index (κ3) is 5.17. The molecule has 238 valence electrons. The van der Waals surface area contributed by atoms with Gasteiger partial charge in [-0.3, -0.25) is 9.20 Å². The van der Waals surface area contributed by atoms with Gasteiger partial charge in [0.25, 0.3) is 5.91 Å². The fourth-order valence-electron chi connectivity index (χ4n) is 7.01. The lowest BCUT2D eigenvalue weighted by Gasteiger charge is -2.30. The Balaban J connectivity index is 1.23. The van der Waals surface area contributed by atoms with E-state index < -0.39 is 0 Å². The van der Waals surface area contributed by atoms with Crippen molar-refractivity contribution in [2.75, 3.05) is 51.4 Å². The first-order valence-corrected chi connectivity index (χ1v) is 16.4. The van der Waals surface area contributed by atoms with Crippen LogP contribution in [0.2, 0.25) is 0 Å². The Labute approximate surface area is 267 Å². The molecule has 0 unspecified atom stereocenters. The number of hydrogen-bond donors (Lipinski definition) is 1. The van der Waals surface area contributed by atoms with Gasteiger partial charge in [0.2, 0.25) is 0 Å². The number of methoxy groups -OCH3 is 1. The Hall–Kier alpha value is -4.48. The van der Waals surface area contributed by atoms with Crippen LogP contribution in [0.4, 0.5) is 5.82 Å². The zero-order valence-corrected chi connectivity index (χ0v) is 26.5. The number of carbonyl (C=O) groups excluding carboxylic acids is 1. The fraction of sp³-hybridized carbons (Fsp3) is 0.429. The molecule has 0 spiro atoms. The standard InChI is InChI=1S/C35H40N8O3/c1-22-32(39-30-18-25(19-31(45-2)43(22)30)35(44)41-12-4-5-26(36)21-41)29-17-24-9-10-28(38-33(24)42(29)20-23-7-8-23)27-6-3-11-37-34(27)40-13-15-46-16-14-40/h3,6,9-11,17-19,23,26H,4-5,7-8,12-16,20-21,36H2,1-2H3/t26-/m1/s1. The van der Waals surface area contributed by atoms with Crippen molar-refractivity contribution in [2.24, 2.45) is 11.7 Å². The number of piperidine rings is 1. The molecule has 11 nitrogen and oxygen atoms in total.